The topological polar surface area (TPSA) is 65.6 Å². The van der Waals surface area contributed by atoms with Crippen molar-refractivity contribution < 1.29 is 9.84 Å². The molecule has 0 aliphatic carbocycles. The van der Waals surface area contributed by atoms with E-state index in [1.165, 1.54) is 11.3 Å². The van der Waals surface area contributed by atoms with Crippen molar-refractivity contribution in [1.82, 2.24) is 9.88 Å². The number of aryl methyl sites for hydroxylation is 1. The molecule has 1 aromatic heterocycles. The zero-order valence-corrected chi connectivity index (χ0v) is 13.3. The second-order valence-corrected chi connectivity index (χ2v) is 6.05. The third kappa shape index (κ3) is 3.72. The van der Waals surface area contributed by atoms with E-state index in [2.05, 4.69) is 4.98 Å². The molecule has 0 saturated carbocycles. The molecule has 6 heteroatoms. The number of methoxy groups -OCH3 is 1. The summed E-state index contributed by atoms with van der Waals surface area (Å²) in [6, 6.07) is 5.89. The molecule has 2 N–H and O–H groups in total. The second-order valence-electron chi connectivity index (χ2n) is 4.98. The molecule has 1 heterocycles. The lowest BCUT2D eigenvalue weighted by molar-refractivity contribution is 0.218. The van der Waals surface area contributed by atoms with Gasteiger partial charge in [0, 0.05) is 23.5 Å². The van der Waals surface area contributed by atoms with E-state index >= 15 is 0 Å². The van der Waals surface area contributed by atoms with Gasteiger partial charge in [0.05, 0.1) is 19.4 Å². The molecule has 2 aromatic rings. The van der Waals surface area contributed by atoms with Gasteiger partial charge in [0.1, 0.15) is 5.75 Å². The first-order chi connectivity index (χ1) is 10.0. The fourth-order valence-electron chi connectivity index (χ4n) is 2.20. The van der Waals surface area contributed by atoms with Crippen LogP contribution in [0.1, 0.15) is 10.4 Å². The quantitative estimate of drug-likeness (QED) is 0.855. The molecule has 21 heavy (non-hydrogen) atoms. The zero-order valence-electron chi connectivity index (χ0n) is 12.5. The molecule has 0 unspecified atom stereocenters. The number of H-pyrrole nitrogens is 1. The monoisotopic (exact) mass is 308 g/mol. The Kier molecular flexibility index (Phi) is 5.17. The Labute approximate surface area is 127 Å². The van der Waals surface area contributed by atoms with Crippen LogP contribution >= 0.6 is 11.3 Å². The van der Waals surface area contributed by atoms with Gasteiger partial charge in [0.2, 0.25) is 0 Å². The molecule has 0 radical (unpaired) electrons. The Morgan fingerprint density at radius 2 is 2.19 bits per heavy atom. The van der Waals surface area contributed by atoms with E-state index in [1.54, 1.807) is 7.11 Å². The highest BCUT2D eigenvalue weighted by Gasteiger charge is 2.16. The lowest BCUT2D eigenvalue weighted by Crippen LogP contribution is -2.21. The SMILES string of the molecule is COc1ccc(C)cc1-c1[nH]c(=O)sc1CN(C)CCO. The van der Waals surface area contributed by atoms with Gasteiger partial charge in [-0.05, 0) is 26.1 Å². The van der Waals surface area contributed by atoms with Crippen LogP contribution in [0, 0.1) is 6.92 Å². The highest BCUT2D eigenvalue weighted by molar-refractivity contribution is 7.09. The summed E-state index contributed by atoms with van der Waals surface area (Å²) in [6.45, 7) is 3.27. The first-order valence-corrected chi connectivity index (χ1v) is 7.53. The average Bonchev–Trinajstić information content (AvgIpc) is 2.79. The van der Waals surface area contributed by atoms with Crippen molar-refractivity contribution in [2.75, 3.05) is 27.3 Å². The molecule has 0 atom stereocenters. The van der Waals surface area contributed by atoms with Crippen LogP contribution in [0.25, 0.3) is 11.3 Å². The number of aliphatic hydroxyl groups excluding tert-OH is 1. The minimum atomic E-state index is -0.0824. The van der Waals surface area contributed by atoms with Crippen LogP contribution in [0.5, 0.6) is 5.75 Å². The molecule has 5 nitrogen and oxygen atoms in total. The number of thiazole rings is 1. The summed E-state index contributed by atoms with van der Waals surface area (Å²) in [5.74, 6) is 0.737. The lowest BCUT2D eigenvalue weighted by atomic mass is 10.1. The van der Waals surface area contributed by atoms with E-state index in [0.29, 0.717) is 13.1 Å². The number of aromatic nitrogens is 1. The maximum atomic E-state index is 11.8. The fraction of sp³-hybridized carbons (Fsp3) is 0.400. The third-order valence-corrected chi connectivity index (χ3v) is 4.11. The van der Waals surface area contributed by atoms with E-state index < -0.39 is 0 Å². The van der Waals surface area contributed by atoms with Crippen molar-refractivity contribution >= 4 is 11.3 Å². The molecule has 0 amide bonds. The summed E-state index contributed by atoms with van der Waals surface area (Å²) in [5, 5.41) is 9.00. The number of rotatable bonds is 6. The molecular weight excluding hydrogens is 288 g/mol. The molecule has 0 saturated heterocycles. The number of benzene rings is 1. The highest BCUT2D eigenvalue weighted by Crippen LogP contribution is 2.33. The van der Waals surface area contributed by atoms with Crippen molar-refractivity contribution in [2.45, 2.75) is 13.5 Å². The first-order valence-electron chi connectivity index (χ1n) is 6.71. The minimum absolute atomic E-state index is 0.0824. The standard InChI is InChI=1S/C15H20N2O3S/c1-10-4-5-12(20-3)11(8-10)14-13(21-15(19)16-14)9-17(2)6-7-18/h4-5,8,18H,6-7,9H2,1-3H3,(H,16,19). The summed E-state index contributed by atoms with van der Waals surface area (Å²) in [4.78, 5) is 17.5. The lowest BCUT2D eigenvalue weighted by Gasteiger charge is -2.15. The average molecular weight is 308 g/mol. The van der Waals surface area contributed by atoms with Crippen LogP contribution in [0.4, 0.5) is 0 Å². The smallest absolute Gasteiger partial charge is 0.305 e. The largest absolute Gasteiger partial charge is 0.496 e. The van der Waals surface area contributed by atoms with Gasteiger partial charge in [0.25, 0.3) is 0 Å². The van der Waals surface area contributed by atoms with E-state index in [1.807, 2.05) is 37.1 Å². The number of aromatic amines is 1. The molecule has 0 spiro atoms. The third-order valence-electron chi connectivity index (χ3n) is 3.24. The van der Waals surface area contributed by atoms with Crippen LogP contribution in [0.15, 0.2) is 23.0 Å². The summed E-state index contributed by atoms with van der Waals surface area (Å²) in [5.41, 5.74) is 2.80. The van der Waals surface area contributed by atoms with Gasteiger partial charge in [-0.3, -0.25) is 9.69 Å². The Bertz CT molecular complexity index is 663. The van der Waals surface area contributed by atoms with Crippen molar-refractivity contribution in [3.05, 3.63) is 38.3 Å². The van der Waals surface area contributed by atoms with Gasteiger partial charge in [0.15, 0.2) is 0 Å². The van der Waals surface area contributed by atoms with Gasteiger partial charge >= 0.3 is 4.87 Å². The Balaban J connectivity index is 2.44. The highest BCUT2D eigenvalue weighted by atomic mass is 32.1. The van der Waals surface area contributed by atoms with Gasteiger partial charge < -0.3 is 14.8 Å². The van der Waals surface area contributed by atoms with Crippen molar-refractivity contribution in [1.29, 1.82) is 0 Å². The number of likely N-dealkylation sites (N-methyl/N-ethyl adjacent to an activating group) is 1. The fourth-order valence-corrected chi connectivity index (χ4v) is 3.13. The Morgan fingerprint density at radius 1 is 1.43 bits per heavy atom. The van der Waals surface area contributed by atoms with Crippen molar-refractivity contribution in [3.63, 3.8) is 0 Å². The van der Waals surface area contributed by atoms with Gasteiger partial charge in [-0.15, -0.1) is 0 Å². The van der Waals surface area contributed by atoms with Crippen LogP contribution < -0.4 is 9.61 Å². The number of nitrogens with one attached hydrogen (secondary N) is 1. The summed E-state index contributed by atoms with van der Waals surface area (Å²) < 4.78 is 5.40. The van der Waals surface area contributed by atoms with Gasteiger partial charge in [-0.25, -0.2) is 0 Å². The molecule has 2 rings (SSSR count). The first kappa shape index (κ1) is 15.8. The van der Waals surface area contributed by atoms with E-state index in [-0.39, 0.29) is 11.5 Å². The predicted octanol–water partition coefficient (Wildman–Crippen LogP) is 1.84. The normalized spacial score (nSPS) is 11.1. The maximum Gasteiger partial charge on any atom is 0.305 e. The predicted molar refractivity (Wildman–Crippen MR) is 85.1 cm³/mol. The van der Waals surface area contributed by atoms with Gasteiger partial charge in [-0.1, -0.05) is 23.0 Å². The number of aliphatic hydroxyl groups is 1. The molecule has 0 fully saturated rings. The van der Waals surface area contributed by atoms with Crippen molar-refractivity contribution in [3.8, 4) is 17.0 Å². The van der Waals surface area contributed by atoms with Crippen LogP contribution in [-0.4, -0.2) is 42.3 Å². The molecule has 0 aliphatic rings. The number of nitrogens with zero attached hydrogens (tertiary/aromatic N) is 1. The van der Waals surface area contributed by atoms with E-state index in [4.69, 9.17) is 9.84 Å². The maximum absolute atomic E-state index is 11.8. The number of hydrogen-bond donors (Lipinski definition) is 2. The van der Waals surface area contributed by atoms with Crippen molar-refractivity contribution in [2.24, 2.45) is 0 Å². The van der Waals surface area contributed by atoms with E-state index in [0.717, 1.165) is 27.4 Å². The molecule has 0 aliphatic heterocycles. The summed E-state index contributed by atoms with van der Waals surface area (Å²) in [6.07, 6.45) is 0. The molecular formula is C15H20N2O3S. The Hall–Kier alpha value is -1.63. The van der Waals surface area contributed by atoms with Crippen LogP contribution in [-0.2, 0) is 6.54 Å². The van der Waals surface area contributed by atoms with Gasteiger partial charge in [-0.2, -0.15) is 0 Å². The van der Waals surface area contributed by atoms with Crippen LogP contribution in [0.3, 0.4) is 0 Å². The second kappa shape index (κ2) is 6.89. The number of ether oxygens (including phenoxy) is 1. The van der Waals surface area contributed by atoms with Crippen LogP contribution in [0.2, 0.25) is 0 Å². The molecule has 114 valence electrons. The molecule has 0 bridgehead atoms. The van der Waals surface area contributed by atoms with E-state index in [9.17, 15) is 4.79 Å². The minimum Gasteiger partial charge on any atom is -0.496 e. The molecule has 1 aromatic carbocycles. The number of hydrogen-bond acceptors (Lipinski definition) is 5. The Morgan fingerprint density at radius 3 is 2.86 bits per heavy atom. The summed E-state index contributed by atoms with van der Waals surface area (Å²) >= 11 is 1.20. The summed E-state index contributed by atoms with van der Waals surface area (Å²) in [7, 11) is 3.54. The zero-order chi connectivity index (χ0) is 15.4.